The Morgan fingerprint density at radius 2 is 2.27 bits per heavy atom. The zero-order valence-corrected chi connectivity index (χ0v) is 6.11. The number of aliphatic carboxylic acids is 1. The number of carboxylic acid groups (broad SMARTS) is 1. The Bertz CT molecular complexity index is 246. The van der Waals surface area contributed by atoms with Gasteiger partial charge in [-0.3, -0.25) is 9.78 Å². The number of pyridine rings is 1. The SMILES string of the molecule is C[C](C(=O)O)c1ccccn1. The minimum absolute atomic E-state index is 0.269. The van der Waals surface area contributed by atoms with Crippen molar-refractivity contribution >= 4 is 5.97 Å². The molecule has 0 saturated carbocycles. The normalized spacial score (nSPS) is 10.0. The largest absolute Gasteiger partial charge is 0.481 e. The van der Waals surface area contributed by atoms with Gasteiger partial charge in [0.1, 0.15) is 5.92 Å². The molecule has 1 rings (SSSR count). The lowest BCUT2D eigenvalue weighted by molar-refractivity contribution is -0.134. The highest BCUT2D eigenvalue weighted by atomic mass is 16.4. The van der Waals surface area contributed by atoms with E-state index in [1.165, 1.54) is 6.92 Å². The first kappa shape index (κ1) is 7.72. The van der Waals surface area contributed by atoms with Gasteiger partial charge in [0.25, 0.3) is 0 Å². The molecule has 0 aliphatic rings. The number of carboxylic acids is 1. The van der Waals surface area contributed by atoms with Gasteiger partial charge in [0, 0.05) is 6.20 Å². The molecule has 0 bridgehead atoms. The second-order valence-corrected chi connectivity index (χ2v) is 2.15. The molecule has 0 aromatic carbocycles. The third-order valence-electron chi connectivity index (χ3n) is 1.37. The molecule has 11 heavy (non-hydrogen) atoms. The number of hydrogen-bond donors (Lipinski definition) is 1. The van der Waals surface area contributed by atoms with Gasteiger partial charge >= 0.3 is 5.97 Å². The average molecular weight is 150 g/mol. The maximum absolute atomic E-state index is 10.4. The van der Waals surface area contributed by atoms with Crippen LogP contribution in [0, 0.1) is 5.92 Å². The minimum Gasteiger partial charge on any atom is -0.481 e. The van der Waals surface area contributed by atoms with Gasteiger partial charge in [-0.25, -0.2) is 0 Å². The Balaban J connectivity index is 2.85. The second kappa shape index (κ2) is 3.14. The van der Waals surface area contributed by atoms with Gasteiger partial charge in [-0.2, -0.15) is 0 Å². The first-order valence-electron chi connectivity index (χ1n) is 3.20. The van der Waals surface area contributed by atoms with Crippen LogP contribution in [0.5, 0.6) is 0 Å². The number of hydrogen-bond acceptors (Lipinski definition) is 2. The first-order chi connectivity index (χ1) is 5.22. The molecule has 1 aromatic rings. The van der Waals surface area contributed by atoms with E-state index in [0.29, 0.717) is 5.69 Å². The lowest BCUT2D eigenvalue weighted by atomic mass is 10.1. The molecule has 1 radical (unpaired) electrons. The van der Waals surface area contributed by atoms with Crippen LogP contribution in [0.1, 0.15) is 12.6 Å². The van der Waals surface area contributed by atoms with Crippen LogP contribution >= 0.6 is 0 Å². The summed E-state index contributed by atoms with van der Waals surface area (Å²) in [5.41, 5.74) is 0.514. The summed E-state index contributed by atoms with van der Waals surface area (Å²) in [6, 6.07) is 5.18. The van der Waals surface area contributed by atoms with Crippen molar-refractivity contribution in [2.75, 3.05) is 0 Å². The molecule has 0 atom stereocenters. The highest BCUT2D eigenvalue weighted by Crippen LogP contribution is 2.09. The van der Waals surface area contributed by atoms with Crippen molar-refractivity contribution in [2.24, 2.45) is 0 Å². The average Bonchev–Trinajstić information content (AvgIpc) is 2.05. The minimum atomic E-state index is -0.927. The quantitative estimate of drug-likeness (QED) is 0.687. The number of carbonyl (C=O) groups is 1. The molecule has 0 spiro atoms. The van der Waals surface area contributed by atoms with Gasteiger partial charge in [0.2, 0.25) is 0 Å². The Hall–Kier alpha value is -1.38. The van der Waals surface area contributed by atoms with Gasteiger partial charge in [0.15, 0.2) is 0 Å². The predicted molar refractivity (Wildman–Crippen MR) is 39.9 cm³/mol. The third-order valence-corrected chi connectivity index (χ3v) is 1.37. The van der Waals surface area contributed by atoms with Crippen LogP contribution in [0.25, 0.3) is 0 Å². The summed E-state index contributed by atoms with van der Waals surface area (Å²) in [5, 5.41) is 8.56. The van der Waals surface area contributed by atoms with Gasteiger partial charge in [0.05, 0.1) is 5.69 Å². The molecule has 0 unspecified atom stereocenters. The van der Waals surface area contributed by atoms with Crippen molar-refractivity contribution in [3.8, 4) is 0 Å². The summed E-state index contributed by atoms with van der Waals surface area (Å²) in [6.45, 7) is 1.53. The van der Waals surface area contributed by atoms with Crippen LogP contribution in [-0.2, 0) is 4.79 Å². The summed E-state index contributed by atoms with van der Waals surface area (Å²) >= 11 is 0. The topological polar surface area (TPSA) is 50.2 Å². The molecule has 1 N–H and O–H groups in total. The van der Waals surface area contributed by atoms with Crippen LogP contribution in [0.15, 0.2) is 24.4 Å². The zero-order chi connectivity index (χ0) is 8.27. The molecule has 3 heteroatoms. The van der Waals surface area contributed by atoms with Crippen molar-refractivity contribution in [1.82, 2.24) is 4.98 Å². The van der Waals surface area contributed by atoms with Crippen LogP contribution in [-0.4, -0.2) is 16.1 Å². The van der Waals surface area contributed by atoms with Crippen LogP contribution < -0.4 is 0 Å². The van der Waals surface area contributed by atoms with Crippen molar-refractivity contribution < 1.29 is 9.90 Å². The number of rotatable bonds is 2. The number of nitrogens with zero attached hydrogens (tertiary/aromatic N) is 1. The van der Waals surface area contributed by atoms with E-state index in [0.717, 1.165) is 0 Å². The maximum atomic E-state index is 10.4. The van der Waals surface area contributed by atoms with Crippen molar-refractivity contribution in [1.29, 1.82) is 0 Å². The van der Waals surface area contributed by atoms with E-state index in [1.807, 2.05) is 0 Å². The molecular weight excluding hydrogens is 142 g/mol. The Morgan fingerprint density at radius 3 is 2.73 bits per heavy atom. The fourth-order valence-corrected chi connectivity index (χ4v) is 0.694. The van der Waals surface area contributed by atoms with Crippen molar-refractivity contribution in [2.45, 2.75) is 6.92 Å². The predicted octanol–water partition coefficient (Wildman–Crippen LogP) is 1.11. The summed E-state index contributed by atoms with van der Waals surface area (Å²) in [6.07, 6.45) is 1.57. The van der Waals surface area contributed by atoms with Crippen molar-refractivity contribution in [3.63, 3.8) is 0 Å². The highest BCUT2D eigenvalue weighted by molar-refractivity contribution is 5.86. The lowest BCUT2D eigenvalue weighted by Crippen LogP contribution is -2.09. The van der Waals surface area contributed by atoms with Crippen LogP contribution in [0.2, 0.25) is 0 Å². The third kappa shape index (κ3) is 1.77. The van der Waals surface area contributed by atoms with E-state index in [1.54, 1.807) is 24.4 Å². The molecule has 0 aliphatic heterocycles. The van der Waals surface area contributed by atoms with Crippen LogP contribution in [0.3, 0.4) is 0 Å². The molecule has 0 aliphatic carbocycles. The highest BCUT2D eigenvalue weighted by Gasteiger charge is 2.14. The summed E-state index contributed by atoms with van der Waals surface area (Å²) in [5.74, 6) is -0.658. The van der Waals surface area contributed by atoms with Crippen molar-refractivity contribution in [3.05, 3.63) is 36.0 Å². The fraction of sp³-hybridized carbons (Fsp3) is 0.125. The standard InChI is InChI=1S/C8H8NO2/c1-6(8(10)11)7-4-2-3-5-9-7/h2-5H,1H3,(H,10,11). The van der Waals surface area contributed by atoms with Gasteiger partial charge in [-0.15, -0.1) is 0 Å². The second-order valence-electron chi connectivity index (χ2n) is 2.15. The Morgan fingerprint density at radius 1 is 1.55 bits per heavy atom. The van der Waals surface area contributed by atoms with E-state index >= 15 is 0 Å². The van der Waals surface area contributed by atoms with E-state index in [-0.39, 0.29) is 5.92 Å². The molecule has 57 valence electrons. The Kier molecular flexibility index (Phi) is 2.21. The number of aromatic nitrogens is 1. The van der Waals surface area contributed by atoms with Gasteiger partial charge in [-0.1, -0.05) is 6.07 Å². The van der Waals surface area contributed by atoms with E-state index in [4.69, 9.17) is 5.11 Å². The van der Waals surface area contributed by atoms with Crippen LogP contribution in [0.4, 0.5) is 0 Å². The molecule has 3 nitrogen and oxygen atoms in total. The zero-order valence-electron chi connectivity index (χ0n) is 6.11. The lowest BCUT2D eigenvalue weighted by Gasteiger charge is -2.01. The summed E-state index contributed by atoms with van der Waals surface area (Å²) < 4.78 is 0. The van der Waals surface area contributed by atoms with E-state index in [2.05, 4.69) is 4.98 Å². The fourth-order valence-electron chi connectivity index (χ4n) is 0.694. The first-order valence-corrected chi connectivity index (χ1v) is 3.20. The van der Waals surface area contributed by atoms with E-state index < -0.39 is 5.97 Å². The molecule has 1 heterocycles. The van der Waals surface area contributed by atoms with Gasteiger partial charge in [-0.05, 0) is 19.1 Å². The maximum Gasteiger partial charge on any atom is 0.317 e. The Labute approximate surface area is 64.7 Å². The molecule has 0 amide bonds. The molecule has 0 saturated heterocycles. The summed E-state index contributed by atoms with van der Waals surface area (Å²) in [7, 11) is 0. The molecule has 1 aromatic heterocycles. The monoisotopic (exact) mass is 150 g/mol. The smallest absolute Gasteiger partial charge is 0.317 e. The van der Waals surface area contributed by atoms with Gasteiger partial charge < -0.3 is 5.11 Å². The summed E-state index contributed by atoms with van der Waals surface area (Å²) in [4.78, 5) is 14.3. The molecule has 0 fully saturated rings. The molecular formula is C8H8NO2. The van der Waals surface area contributed by atoms with E-state index in [9.17, 15) is 4.79 Å².